The summed E-state index contributed by atoms with van der Waals surface area (Å²) in [6.45, 7) is 5.60. The van der Waals surface area contributed by atoms with Crippen LogP contribution in [-0.4, -0.2) is 30.6 Å². The molecule has 0 radical (unpaired) electrons. The van der Waals surface area contributed by atoms with Gasteiger partial charge in [0.2, 0.25) is 5.91 Å². The highest BCUT2D eigenvalue weighted by Gasteiger charge is 2.14. The lowest BCUT2D eigenvalue weighted by atomic mass is 10.1. The maximum Gasteiger partial charge on any atom is 0.273 e. The summed E-state index contributed by atoms with van der Waals surface area (Å²) in [6.07, 6.45) is 0.00132. The van der Waals surface area contributed by atoms with Crippen LogP contribution in [0.25, 0.3) is 0 Å². The molecule has 1 aromatic carbocycles. The van der Waals surface area contributed by atoms with E-state index in [1.807, 2.05) is 13.8 Å². The van der Waals surface area contributed by atoms with Crippen LogP contribution in [-0.2, 0) is 16.0 Å². The predicted molar refractivity (Wildman–Crippen MR) is 75.5 cm³/mol. The third-order valence-electron chi connectivity index (χ3n) is 2.56. The highest BCUT2D eigenvalue weighted by atomic mass is 16.6. The normalized spacial score (nSPS) is 10.6. The number of hydrogen-bond donors (Lipinski definition) is 1. The zero-order valence-electron chi connectivity index (χ0n) is 11.8. The van der Waals surface area contributed by atoms with E-state index >= 15 is 0 Å². The van der Waals surface area contributed by atoms with E-state index in [2.05, 4.69) is 5.32 Å². The molecule has 0 aliphatic carbocycles. The number of ether oxygens (including phenoxy) is 1. The lowest BCUT2D eigenvalue weighted by Crippen LogP contribution is -2.29. The summed E-state index contributed by atoms with van der Waals surface area (Å²) in [6, 6.07) is 6.25. The third-order valence-corrected chi connectivity index (χ3v) is 2.56. The lowest BCUT2D eigenvalue weighted by molar-refractivity contribution is -0.385. The lowest BCUT2D eigenvalue weighted by Gasteiger charge is -2.08. The zero-order chi connectivity index (χ0) is 15.0. The van der Waals surface area contributed by atoms with Crippen molar-refractivity contribution in [3.05, 3.63) is 39.9 Å². The molecule has 0 spiro atoms. The molecule has 0 aromatic heterocycles. The van der Waals surface area contributed by atoms with Gasteiger partial charge in [0.25, 0.3) is 5.69 Å². The molecule has 1 rings (SSSR count). The van der Waals surface area contributed by atoms with Gasteiger partial charge in [-0.3, -0.25) is 14.9 Å². The SMILES string of the molecule is CC(C)COCCNC(=O)Cc1ccccc1[N+](=O)[O-]. The van der Waals surface area contributed by atoms with Gasteiger partial charge in [-0.1, -0.05) is 32.0 Å². The molecule has 6 nitrogen and oxygen atoms in total. The number of carbonyl (C=O) groups is 1. The Balaban J connectivity index is 2.37. The Morgan fingerprint density at radius 2 is 2.10 bits per heavy atom. The standard InChI is InChI=1S/C14H20N2O4/c1-11(2)10-20-8-7-15-14(17)9-12-5-3-4-6-13(12)16(18)19/h3-6,11H,7-10H2,1-2H3,(H,15,17). The van der Waals surface area contributed by atoms with Crippen molar-refractivity contribution < 1.29 is 14.5 Å². The molecule has 1 aromatic rings. The molecule has 0 bridgehead atoms. The first-order valence-corrected chi connectivity index (χ1v) is 6.57. The third kappa shape index (κ3) is 5.79. The topological polar surface area (TPSA) is 81.5 Å². The Hall–Kier alpha value is -1.95. The Morgan fingerprint density at radius 3 is 2.75 bits per heavy atom. The van der Waals surface area contributed by atoms with E-state index < -0.39 is 4.92 Å². The van der Waals surface area contributed by atoms with Crippen molar-refractivity contribution in [3.63, 3.8) is 0 Å². The summed E-state index contributed by atoms with van der Waals surface area (Å²) >= 11 is 0. The van der Waals surface area contributed by atoms with Crippen LogP contribution in [0.2, 0.25) is 0 Å². The molecule has 0 aliphatic heterocycles. The molecule has 0 heterocycles. The van der Waals surface area contributed by atoms with Crippen LogP contribution >= 0.6 is 0 Å². The van der Waals surface area contributed by atoms with Crippen LogP contribution in [0.15, 0.2) is 24.3 Å². The van der Waals surface area contributed by atoms with Crippen molar-refractivity contribution in [2.45, 2.75) is 20.3 Å². The fraction of sp³-hybridized carbons (Fsp3) is 0.500. The fourth-order valence-corrected chi connectivity index (χ4v) is 1.66. The van der Waals surface area contributed by atoms with Crippen LogP contribution < -0.4 is 5.32 Å². The van der Waals surface area contributed by atoms with E-state index in [9.17, 15) is 14.9 Å². The average Bonchev–Trinajstić information content (AvgIpc) is 2.38. The van der Waals surface area contributed by atoms with Gasteiger partial charge in [0, 0.05) is 24.8 Å². The van der Waals surface area contributed by atoms with Gasteiger partial charge < -0.3 is 10.1 Å². The molecular weight excluding hydrogens is 260 g/mol. The molecule has 0 saturated carbocycles. The molecule has 20 heavy (non-hydrogen) atoms. The predicted octanol–water partition coefficient (Wildman–Crippen LogP) is 1.93. The van der Waals surface area contributed by atoms with Crippen molar-refractivity contribution in [1.82, 2.24) is 5.32 Å². The summed E-state index contributed by atoms with van der Waals surface area (Å²) < 4.78 is 5.33. The quantitative estimate of drug-likeness (QED) is 0.448. The second-order valence-corrected chi connectivity index (χ2v) is 4.88. The first kappa shape index (κ1) is 16.1. The van der Waals surface area contributed by atoms with Crippen LogP contribution in [0.5, 0.6) is 0 Å². The van der Waals surface area contributed by atoms with Crippen LogP contribution in [0.3, 0.4) is 0 Å². The monoisotopic (exact) mass is 280 g/mol. The van der Waals surface area contributed by atoms with Gasteiger partial charge in [0.1, 0.15) is 0 Å². The van der Waals surface area contributed by atoms with E-state index in [1.165, 1.54) is 6.07 Å². The summed E-state index contributed by atoms with van der Waals surface area (Å²) in [5.41, 5.74) is 0.386. The van der Waals surface area contributed by atoms with Gasteiger partial charge in [-0.15, -0.1) is 0 Å². The van der Waals surface area contributed by atoms with Gasteiger partial charge in [0.05, 0.1) is 18.0 Å². The Labute approximate surface area is 118 Å². The molecule has 110 valence electrons. The van der Waals surface area contributed by atoms with Crippen LogP contribution in [0.4, 0.5) is 5.69 Å². The Kier molecular flexibility index (Phi) is 6.66. The van der Waals surface area contributed by atoms with Crippen LogP contribution in [0, 0.1) is 16.0 Å². The van der Waals surface area contributed by atoms with Gasteiger partial charge in [-0.05, 0) is 5.92 Å². The number of carbonyl (C=O) groups excluding carboxylic acids is 1. The minimum absolute atomic E-state index is 0.00132. The molecule has 0 saturated heterocycles. The summed E-state index contributed by atoms with van der Waals surface area (Å²) in [5.74, 6) is 0.213. The summed E-state index contributed by atoms with van der Waals surface area (Å²) in [7, 11) is 0. The minimum Gasteiger partial charge on any atom is -0.379 e. The number of nitro groups is 1. The van der Waals surface area contributed by atoms with E-state index in [-0.39, 0.29) is 18.0 Å². The van der Waals surface area contributed by atoms with Crippen molar-refractivity contribution >= 4 is 11.6 Å². The number of hydrogen-bond acceptors (Lipinski definition) is 4. The number of amides is 1. The zero-order valence-corrected chi connectivity index (χ0v) is 11.8. The van der Waals surface area contributed by atoms with Gasteiger partial charge in [-0.2, -0.15) is 0 Å². The fourth-order valence-electron chi connectivity index (χ4n) is 1.66. The number of para-hydroxylation sites is 1. The van der Waals surface area contributed by atoms with E-state index in [0.29, 0.717) is 31.2 Å². The Morgan fingerprint density at radius 1 is 1.40 bits per heavy atom. The Bertz CT molecular complexity index is 460. The first-order valence-electron chi connectivity index (χ1n) is 6.57. The number of benzene rings is 1. The molecule has 0 atom stereocenters. The van der Waals surface area contributed by atoms with E-state index in [1.54, 1.807) is 18.2 Å². The highest BCUT2D eigenvalue weighted by molar-refractivity contribution is 5.79. The van der Waals surface area contributed by atoms with Crippen molar-refractivity contribution in [2.24, 2.45) is 5.92 Å². The van der Waals surface area contributed by atoms with Crippen molar-refractivity contribution in [1.29, 1.82) is 0 Å². The maximum atomic E-state index is 11.7. The second-order valence-electron chi connectivity index (χ2n) is 4.88. The smallest absolute Gasteiger partial charge is 0.273 e. The van der Waals surface area contributed by atoms with E-state index in [4.69, 9.17) is 4.74 Å². The number of nitrogens with one attached hydrogen (secondary N) is 1. The van der Waals surface area contributed by atoms with Crippen molar-refractivity contribution in [3.8, 4) is 0 Å². The summed E-state index contributed by atoms with van der Waals surface area (Å²) in [4.78, 5) is 22.0. The highest BCUT2D eigenvalue weighted by Crippen LogP contribution is 2.17. The second kappa shape index (κ2) is 8.27. The molecule has 0 unspecified atom stereocenters. The van der Waals surface area contributed by atoms with Gasteiger partial charge in [0.15, 0.2) is 0 Å². The maximum absolute atomic E-state index is 11.7. The molecular formula is C14H20N2O4. The number of nitro benzene ring substituents is 1. The minimum atomic E-state index is -0.478. The van der Waals surface area contributed by atoms with Crippen LogP contribution in [0.1, 0.15) is 19.4 Å². The van der Waals surface area contributed by atoms with Gasteiger partial charge in [-0.25, -0.2) is 0 Å². The van der Waals surface area contributed by atoms with E-state index in [0.717, 1.165) is 0 Å². The summed E-state index contributed by atoms with van der Waals surface area (Å²) in [5, 5.41) is 13.5. The average molecular weight is 280 g/mol. The largest absolute Gasteiger partial charge is 0.379 e. The molecule has 1 amide bonds. The van der Waals surface area contributed by atoms with Crippen molar-refractivity contribution in [2.75, 3.05) is 19.8 Å². The van der Waals surface area contributed by atoms with Gasteiger partial charge >= 0.3 is 0 Å². The molecule has 6 heteroatoms. The number of rotatable bonds is 8. The molecule has 0 aliphatic rings. The molecule has 1 N–H and O–H groups in total. The number of nitrogens with zero attached hydrogens (tertiary/aromatic N) is 1. The first-order chi connectivity index (χ1) is 9.50. The molecule has 0 fully saturated rings.